The van der Waals surface area contributed by atoms with E-state index in [1.54, 1.807) is 0 Å². The van der Waals surface area contributed by atoms with Crippen LogP contribution in [0.15, 0.2) is 0 Å². The lowest BCUT2D eigenvalue weighted by atomic mass is 9.86. The molecule has 1 rings (SSSR count). The Labute approximate surface area is 90.0 Å². The van der Waals surface area contributed by atoms with Crippen molar-refractivity contribution in [1.82, 2.24) is 5.32 Å². The van der Waals surface area contributed by atoms with Gasteiger partial charge in [0.15, 0.2) is 0 Å². The van der Waals surface area contributed by atoms with E-state index in [0.717, 1.165) is 25.7 Å². The van der Waals surface area contributed by atoms with Gasteiger partial charge < -0.3 is 10.4 Å². The molecule has 4 heteroatoms. The average molecular weight is 213 g/mol. The van der Waals surface area contributed by atoms with Gasteiger partial charge in [-0.2, -0.15) is 0 Å². The molecule has 0 bridgehead atoms. The molecule has 1 fully saturated rings. The highest BCUT2D eigenvalue weighted by atomic mass is 16.4. The highest BCUT2D eigenvalue weighted by molar-refractivity contribution is 5.89. The maximum atomic E-state index is 11.9. The second-order valence-corrected chi connectivity index (χ2v) is 5.15. The summed E-state index contributed by atoms with van der Waals surface area (Å²) in [5.74, 6) is -1.13. The van der Waals surface area contributed by atoms with Gasteiger partial charge in [0.05, 0.1) is 0 Å². The molecule has 1 aliphatic carbocycles. The first-order valence-electron chi connectivity index (χ1n) is 5.34. The smallest absolute Gasteiger partial charge is 0.328 e. The number of aliphatic carboxylic acids is 1. The Morgan fingerprint density at radius 2 is 1.73 bits per heavy atom. The molecule has 0 heterocycles. The molecule has 86 valence electrons. The van der Waals surface area contributed by atoms with E-state index in [0.29, 0.717) is 0 Å². The summed E-state index contributed by atoms with van der Waals surface area (Å²) in [6.45, 7) is 4.92. The minimum atomic E-state index is -1.18. The van der Waals surface area contributed by atoms with Gasteiger partial charge in [-0.25, -0.2) is 4.79 Å². The van der Waals surface area contributed by atoms with Crippen LogP contribution in [0.4, 0.5) is 0 Å². The Bertz CT molecular complexity index is 278. The number of hydrogen-bond donors (Lipinski definition) is 2. The van der Waals surface area contributed by atoms with Gasteiger partial charge in [0.1, 0.15) is 5.54 Å². The quantitative estimate of drug-likeness (QED) is 0.747. The van der Waals surface area contributed by atoms with Crippen LogP contribution in [-0.4, -0.2) is 22.5 Å². The highest BCUT2D eigenvalue weighted by Crippen LogP contribution is 2.37. The lowest BCUT2D eigenvalue weighted by Crippen LogP contribution is -2.53. The van der Waals surface area contributed by atoms with Crippen LogP contribution in [0.2, 0.25) is 0 Å². The molecule has 0 atom stereocenters. The number of nitrogens with one attached hydrogen (secondary N) is 1. The Kier molecular flexibility index (Phi) is 3.07. The number of rotatable bonds is 3. The fraction of sp³-hybridized carbons (Fsp3) is 0.818. The molecule has 0 spiro atoms. The van der Waals surface area contributed by atoms with Crippen molar-refractivity contribution in [3.05, 3.63) is 0 Å². The molecule has 0 aliphatic heterocycles. The maximum Gasteiger partial charge on any atom is 0.328 e. The molecule has 0 saturated heterocycles. The van der Waals surface area contributed by atoms with Crippen LogP contribution in [-0.2, 0) is 9.59 Å². The van der Waals surface area contributed by atoms with E-state index < -0.39 is 11.5 Å². The van der Waals surface area contributed by atoms with E-state index in [9.17, 15) is 9.59 Å². The molecule has 4 nitrogen and oxygen atoms in total. The highest BCUT2D eigenvalue weighted by Gasteiger charge is 2.40. The predicted molar refractivity (Wildman–Crippen MR) is 56.4 cm³/mol. The maximum absolute atomic E-state index is 11.9. The van der Waals surface area contributed by atoms with Crippen molar-refractivity contribution in [3.63, 3.8) is 0 Å². The van der Waals surface area contributed by atoms with Crippen LogP contribution < -0.4 is 5.32 Å². The number of hydrogen-bond acceptors (Lipinski definition) is 2. The van der Waals surface area contributed by atoms with Gasteiger partial charge in [0.25, 0.3) is 0 Å². The Morgan fingerprint density at radius 1 is 1.27 bits per heavy atom. The van der Waals surface area contributed by atoms with Gasteiger partial charge in [-0.05, 0) is 26.7 Å². The van der Waals surface area contributed by atoms with Gasteiger partial charge >= 0.3 is 5.97 Å². The summed E-state index contributed by atoms with van der Waals surface area (Å²) in [5.41, 5.74) is -1.55. The third-order valence-electron chi connectivity index (χ3n) is 3.22. The lowest BCUT2D eigenvalue weighted by Gasteiger charge is -2.28. The first kappa shape index (κ1) is 12.0. The molecule has 1 amide bonds. The predicted octanol–water partition coefficient (Wildman–Crippen LogP) is 1.55. The van der Waals surface area contributed by atoms with Gasteiger partial charge in [-0.1, -0.05) is 19.8 Å². The number of carboxylic acids is 1. The zero-order chi connectivity index (χ0) is 11.7. The molecule has 0 unspecified atom stereocenters. The monoisotopic (exact) mass is 213 g/mol. The van der Waals surface area contributed by atoms with Crippen molar-refractivity contribution in [2.45, 2.75) is 52.0 Å². The zero-order valence-electron chi connectivity index (χ0n) is 9.59. The van der Waals surface area contributed by atoms with E-state index >= 15 is 0 Å². The molecule has 2 N–H and O–H groups in total. The molecule has 1 aliphatic rings. The first-order chi connectivity index (χ1) is 6.78. The minimum Gasteiger partial charge on any atom is -0.480 e. The van der Waals surface area contributed by atoms with Crippen LogP contribution >= 0.6 is 0 Å². The number of carboxylic acid groups (broad SMARTS) is 1. The van der Waals surface area contributed by atoms with Crippen molar-refractivity contribution < 1.29 is 14.7 Å². The minimum absolute atomic E-state index is 0.132. The second kappa shape index (κ2) is 3.83. The summed E-state index contributed by atoms with van der Waals surface area (Å²) in [5, 5.41) is 11.5. The Morgan fingerprint density at radius 3 is 2.13 bits per heavy atom. The van der Waals surface area contributed by atoms with Gasteiger partial charge in [-0.3, -0.25) is 4.79 Å². The average Bonchev–Trinajstić information content (AvgIpc) is 2.52. The second-order valence-electron chi connectivity index (χ2n) is 5.15. The standard InChI is InChI=1S/C11H19NO3/c1-10(2,9(14)15)12-8(13)11(3)6-4-5-7-11/h4-7H2,1-3H3,(H,12,13)(H,14,15). The van der Waals surface area contributed by atoms with Crippen LogP contribution in [0.3, 0.4) is 0 Å². The summed E-state index contributed by atoms with van der Waals surface area (Å²) in [7, 11) is 0. The molecule has 0 radical (unpaired) electrons. The summed E-state index contributed by atoms with van der Waals surface area (Å²) in [6.07, 6.45) is 3.82. The van der Waals surface area contributed by atoms with Crippen molar-refractivity contribution >= 4 is 11.9 Å². The fourth-order valence-corrected chi connectivity index (χ4v) is 1.87. The van der Waals surface area contributed by atoms with Crippen LogP contribution in [0.25, 0.3) is 0 Å². The summed E-state index contributed by atoms with van der Waals surface area (Å²) >= 11 is 0. The molecule has 1 saturated carbocycles. The van der Waals surface area contributed by atoms with Gasteiger partial charge in [0, 0.05) is 5.41 Å². The zero-order valence-corrected chi connectivity index (χ0v) is 9.59. The number of amides is 1. The lowest BCUT2D eigenvalue weighted by molar-refractivity contribution is -0.147. The third-order valence-corrected chi connectivity index (χ3v) is 3.22. The van der Waals surface area contributed by atoms with Crippen molar-refractivity contribution in [3.8, 4) is 0 Å². The third kappa shape index (κ3) is 2.49. The Balaban J connectivity index is 2.66. The van der Waals surface area contributed by atoms with E-state index in [1.165, 1.54) is 13.8 Å². The summed E-state index contributed by atoms with van der Waals surface area (Å²) < 4.78 is 0. The first-order valence-corrected chi connectivity index (χ1v) is 5.34. The molecule has 0 aromatic rings. The molecule has 0 aromatic heterocycles. The van der Waals surface area contributed by atoms with Gasteiger partial charge in [0.2, 0.25) is 5.91 Å². The van der Waals surface area contributed by atoms with Crippen LogP contribution in [0.1, 0.15) is 46.5 Å². The summed E-state index contributed by atoms with van der Waals surface area (Å²) in [4.78, 5) is 22.8. The molecule has 15 heavy (non-hydrogen) atoms. The van der Waals surface area contributed by atoms with E-state index in [1.807, 2.05) is 6.92 Å². The Hall–Kier alpha value is -1.06. The van der Waals surface area contributed by atoms with Crippen LogP contribution in [0.5, 0.6) is 0 Å². The largest absolute Gasteiger partial charge is 0.480 e. The van der Waals surface area contributed by atoms with Crippen molar-refractivity contribution in [1.29, 1.82) is 0 Å². The fourth-order valence-electron chi connectivity index (χ4n) is 1.87. The topological polar surface area (TPSA) is 66.4 Å². The molecule has 0 aromatic carbocycles. The van der Waals surface area contributed by atoms with E-state index in [2.05, 4.69) is 5.32 Å². The van der Waals surface area contributed by atoms with Crippen LogP contribution in [0, 0.1) is 5.41 Å². The summed E-state index contributed by atoms with van der Waals surface area (Å²) in [6, 6.07) is 0. The normalized spacial score (nSPS) is 19.9. The SMILES string of the molecule is CC1(C(=O)NC(C)(C)C(=O)O)CCCC1. The van der Waals surface area contributed by atoms with E-state index in [-0.39, 0.29) is 11.3 Å². The molecular formula is C11H19NO3. The number of carbonyl (C=O) groups excluding carboxylic acids is 1. The van der Waals surface area contributed by atoms with E-state index in [4.69, 9.17) is 5.11 Å². The number of carbonyl (C=O) groups is 2. The van der Waals surface area contributed by atoms with Gasteiger partial charge in [-0.15, -0.1) is 0 Å². The molecular weight excluding hydrogens is 194 g/mol. The van der Waals surface area contributed by atoms with Crippen molar-refractivity contribution in [2.24, 2.45) is 5.41 Å². The van der Waals surface area contributed by atoms with Crippen molar-refractivity contribution in [2.75, 3.05) is 0 Å².